The largest absolute Gasteiger partial charge is 0.327 e. The van der Waals surface area contributed by atoms with Gasteiger partial charge in [0.25, 0.3) is 0 Å². The maximum absolute atomic E-state index is 13.3. The average Bonchev–Trinajstić information content (AvgIpc) is 2.37. The van der Waals surface area contributed by atoms with Crippen LogP contribution < -0.4 is 5.73 Å². The fourth-order valence-corrected chi connectivity index (χ4v) is 3.17. The number of rotatable bonds is 4. The zero-order chi connectivity index (χ0) is 13.8. The van der Waals surface area contributed by atoms with Crippen molar-refractivity contribution < 1.29 is 4.39 Å². The van der Waals surface area contributed by atoms with E-state index in [1.54, 1.807) is 23.9 Å². The summed E-state index contributed by atoms with van der Waals surface area (Å²) in [7, 11) is 0. The Morgan fingerprint density at radius 3 is 2.42 bits per heavy atom. The molecule has 2 rings (SSSR count). The summed E-state index contributed by atoms with van der Waals surface area (Å²) in [6.07, 6.45) is 0. The van der Waals surface area contributed by atoms with Crippen LogP contribution in [0.15, 0.2) is 57.9 Å². The van der Waals surface area contributed by atoms with E-state index >= 15 is 0 Å². The molecular weight excluding hydrogens is 325 g/mol. The van der Waals surface area contributed by atoms with E-state index in [9.17, 15) is 4.39 Å². The molecule has 0 bridgehead atoms. The first-order valence-electron chi connectivity index (χ1n) is 5.99. The second-order valence-corrected chi connectivity index (χ2v) is 6.54. The Hall–Kier alpha value is -0.840. The van der Waals surface area contributed by atoms with Gasteiger partial charge in [0, 0.05) is 20.7 Å². The van der Waals surface area contributed by atoms with E-state index in [0.717, 1.165) is 14.9 Å². The normalized spacial score (nSPS) is 14.1. The average molecular weight is 340 g/mol. The predicted octanol–water partition coefficient (Wildman–Crippen LogP) is 4.77. The Morgan fingerprint density at radius 1 is 1.16 bits per heavy atom. The Bertz CT molecular complexity index is 542. The van der Waals surface area contributed by atoms with Gasteiger partial charge in [-0.25, -0.2) is 4.39 Å². The van der Waals surface area contributed by atoms with Crippen molar-refractivity contribution in [3.05, 3.63) is 64.4 Å². The lowest BCUT2D eigenvalue weighted by molar-refractivity contribution is 0.622. The smallest absolute Gasteiger partial charge is 0.123 e. The second-order valence-electron chi connectivity index (χ2n) is 4.41. The van der Waals surface area contributed by atoms with E-state index in [1.165, 1.54) is 6.07 Å². The van der Waals surface area contributed by atoms with Crippen LogP contribution in [-0.4, -0.2) is 6.04 Å². The van der Waals surface area contributed by atoms with Gasteiger partial charge in [0.1, 0.15) is 5.82 Å². The molecular formula is C15H15BrFNS. The maximum atomic E-state index is 13.3. The first kappa shape index (κ1) is 14.6. The molecule has 0 spiro atoms. The van der Waals surface area contributed by atoms with Crippen molar-refractivity contribution in [2.24, 2.45) is 5.73 Å². The molecule has 1 nitrogen and oxygen atoms in total. The summed E-state index contributed by atoms with van der Waals surface area (Å²) in [5, 5.41) is 0.0388. The van der Waals surface area contributed by atoms with Gasteiger partial charge in [-0.1, -0.05) is 28.1 Å². The highest BCUT2D eigenvalue weighted by molar-refractivity contribution is 9.10. The van der Waals surface area contributed by atoms with Crippen LogP contribution in [0, 0.1) is 5.82 Å². The van der Waals surface area contributed by atoms with E-state index < -0.39 is 0 Å². The van der Waals surface area contributed by atoms with Gasteiger partial charge in [0.05, 0.1) is 0 Å². The monoisotopic (exact) mass is 339 g/mol. The molecule has 2 N–H and O–H groups in total. The minimum Gasteiger partial charge on any atom is -0.327 e. The van der Waals surface area contributed by atoms with Crippen LogP contribution in [0.3, 0.4) is 0 Å². The molecule has 100 valence electrons. The quantitative estimate of drug-likeness (QED) is 0.812. The van der Waals surface area contributed by atoms with Crippen molar-refractivity contribution in [2.45, 2.75) is 23.1 Å². The Balaban J connectivity index is 2.23. The summed E-state index contributed by atoms with van der Waals surface area (Å²) in [6, 6.07) is 14.6. The van der Waals surface area contributed by atoms with E-state index in [0.29, 0.717) is 0 Å². The third kappa shape index (κ3) is 4.06. The predicted molar refractivity (Wildman–Crippen MR) is 82.8 cm³/mol. The Labute approximate surface area is 125 Å². The second kappa shape index (κ2) is 6.55. The van der Waals surface area contributed by atoms with Gasteiger partial charge < -0.3 is 5.73 Å². The highest BCUT2D eigenvalue weighted by Gasteiger charge is 2.18. The topological polar surface area (TPSA) is 26.0 Å². The third-order valence-corrected chi connectivity index (χ3v) is 4.76. The zero-order valence-electron chi connectivity index (χ0n) is 10.5. The highest BCUT2D eigenvalue weighted by Crippen LogP contribution is 2.37. The molecule has 2 aromatic carbocycles. The lowest BCUT2D eigenvalue weighted by Gasteiger charge is -2.21. The summed E-state index contributed by atoms with van der Waals surface area (Å²) < 4.78 is 14.4. The Morgan fingerprint density at radius 2 is 1.84 bits per heavy atom. The van der Waals surface area contributed by atoms with Crippen molar-refractivity contribution in [2.75, 3.05) is 0 Å². The minimum absolute atomic E-state index is 0.0388. The summed E-state index contributed by atoms with van der Waals surface area (Å²) in [4.78, 5) is 1.12. The number of halogens is 2. The first-order chi connectivity index (χ1) is 9.06. The van der Waals surface area contributed by atoms with Gasteiger partial charge in [0.2, 0.25) is 0 Å². The van der Waals surface area contributed by atoms with Gasteiger partial charge in [-0.15, -0.1) is 11.8 Å². The molecule has 19 heavy (non-hydrogen) atoms. The van der Waals surface area contributed by atoms with Gasteiger partial charge >= 0.3 is 0 Å². The molecule has 0 fully saturated rings. The molecule has 0 saturated carbocycles. The molecule has 0 radical (unpaired) electrons. The lowest BCUT2D eigenvalue weighted by atomic mass is 10.1. The molecule has 0 aliphatic heterocycles. The molecule has 2 atom stereocenters. The van der Waals surface area contributed by atoms with Gasteiger partial charge in [-0.3, -0.25) is 0 Å². The summed E-state index contributed by atoms with van der Waals surface area (Å²) in [6.45, 7) is 1.95. The van der Waals surface area contributed by atoms with E-state index in [4.69, 9.17) is 5.73 Å². The molecule has 0 saturated heterocycles. The van der Waals surface area contributed by atoms with Gasteiger partial charge in [-0.05, 0) is 48.9 Å². The molecule has 4 heteroatoms. The van der Waals surface area contributed by atoms with E-state index in [1.807, 2.05) is 37.3 Å². The van der Waals surface area contributed by atoms with Crippen LogP contribution in [-0.2, 0) is 0 Å². The maximum Gasteiger partial charge on any atom is 0.123 e. The molecule has 0 aliphatic rings. The number of benzene rings is 2. The van der Waals surface area contributed by atoms with Crippen LogP contribution in [0.5, 0.6) is 0 Å². The van der Waals surface area contributed by atoms with Gasteiger partial charge in [-0.2, -0.15) is 0 Å². The van der Waals surface area contributed by atoms with Crippen molar-refractivity contribution >= 4 is 27.7 Å². The minimum atomic E-state index is -0.223. The number of hydrogen-bond acceptors (Lipinski definition) is 2. The molecule has 0 heterocycles. The van der Waals surface area contributed by atoms with Crippen molar-refractivity contribution in [1.82, 2.24) is 0 Å². The van der Waals surface area contributed by atoms with Crippen molar-refractivity contribution in [3.63, 3.8) is 0 Å². The number of thioether (sulfide) groups is 1. The lowest BCUT2D eigenvalue weighted by Crippen LogP contribution is -2.22. The van der Waals surface area contributed by atoms with Crippen LogP contribution in [0.2, 0.25) is 0 Å². The van der Waals surface area contributed by atoms with Crippen molar-refractivity contribution in [1.29, 1.82) is 0 Å². The number of hydrogen-bond donors (Lipinski definition) is 1. The SMILES string of the molecule is CC(N)C(Sc1ccc(Br)cc1)c1cccc(F)c1. The summed E-state index contributed by atoms with van der Waals surface area (Å²) >= 11 is 5.07. The standard InChI is InChI=1S/C15H15BrFNS/c1-10(18)15(11-3-2-4-13(17)9-11)19-14-7-5-12(16)6-8-14/h2-10,15H,18H2,1H3. The molecule has 2 unspecified atom stereocenters. The molecule has 0 amide bonds. The Kier molecular flexibility index (Phi) is 5.02. The van der Waals surface area contributed by atoms with Crippen molar-refractivity contribution in [3.8, 4) is 0 Å². The fraction of sp³-hybridized carbons (Fsp3) is 0.200. The fourth-order valence-electron chi connectivity index (χ4n) is 1.82. The highest BCUT2D eigenvalue weighted by atomic mass is 79.9. The molecule has 0 aliphatic carbocycles. The first-order valence-corrected chi connectivity index (χ1v) is 7.67. The van der Waals surface area contributed by atoms with Crippen LogP contribution in [0.25, 0.3) is 0 Å². The van der Waals surface area contributed by atoms with Crippen LogP contribution >= 0.6 is 27.7 Å². The molecule has 0 aromatic heterocycles. The van der Waals surface area contributed by atoms with E-state index in [-0.39, 0.29) is 17.1 Å². The number of nitrogens with two attached hydrogens (primary N) is 1. The van der Waals surface area contributed by atoms with Gasteiger partial charge in [0.15, 0.2) is 0 Å². The molecule has 2 aromatic rings. The summed E-state index contributed by atoms with van der Waals surface area (Å²) in [5.74, 6) is -0.223. The van der Waals surface area contributed by atoms with Crippen LogP contribution in [0.4, 0.5) is 4.39 Å². The zero-order valence-corrected chi connectivity index (χ0v) is 12.9. The van der Waals surface area contributed by atoms with E-state index in [2.05, 4.69) is 15.9 Å². The van der Waals surface area contributed by atoms with Crippen LogP contribution in [0.1, 0.15) is 17.7 Å². The summed E-state index contributed by atoms with van der Waals surface area (Å²) in [5.41, 5.74) is 6.96. The third-order valence-electron chi connectivity index (χ3n) is 2.73.